The molecule has 1 radical (unpaired) electrons. The van der Waals surface area contributed by atoms with E-state index in [1.807, 2.05) is 24.3 Å². The van der Waals surface area contributed by atoms with Crippen molar-refractivity contribution in [1.29, 1.82) is 0 Å². The molecule has 0 bridgehead atoms. The quantitative estimate of drug-likeness (QED) is 0.575. The summed E-state index contributed by atoms with van der Waals surface area (Å²) in [5, 5.41) is 3.48. The van der Waals surface area contributed by atoms with Crippen molar-refractivity contribution in [3.63, 3.8) is 0 Å². The Morgan fingerprint density at radius 1 is 1.09 bits per heavy atom. The van der Waals surface area contributed by atoms with E-state index in [4.69, 9.17) is 4.84 Å². The lowest BCUT2D eigenvalue weighted by molar-refractivity contribution is -0.137. The summed E-state index contributed by atoms with van der Waals surface area (Å²) < 4.78 is 38.3. The molecule has 113 valence electrons. The molecule has 2 nitrogen and oxygen atoms in total. The standard InChI is InChI=1S/C17H13F3NO/c1-2-13-7-9-14(10-8-13)12-22-21-11-15-5-3-4-6-16(15)17(18,19)20/h2-10H,1,12H2. The molecule has 22 heavy (non-hydrogen) atoms. The van der Waals surface area contributed by atoms with Gasteiger partial charge in [-0.3, -0.25) is 0 Å². The molecule has 0 amide bonds. The summed E-state index contributed by atoms with van der Waals surface area (Å²) in [7, 11) is 0. The Bertz CT molecular complexity index is 660. The number of alkyl halides is 3. The van der Waals surface area contributed by atoms with E-state index in [1.54, 1.807) is 6.08 Å². The van der Waals surface area contributed by atoms with E-state index in [1.165, 1.54) is 18.2 Å². The van der Waals surface area contributed by atoms with Crippen LogP contribution in [0, 0.1) is 0 Å². The van der Waals surface area contributed by atoms with Crippen LogP contribution in [0.25, 0.3) is 6.08 Å². The largest absolute Gasteiger partial charge is 0.417 e. The summed E-state index contributed by atoms with van der Waals surface area (Å²) in [5.41, 5.74) is 0.868. The molecule has 0 N–H and O–H groups in total. The Balaban J connectivity index is 1.99. The van der Waals surface area contributed by atoms with Crippen molar-refractivity contribution in [2.45, 2.75) is 12.8 Å². The lowest BCUT2D eigenvalue weighted by Gasteiger charge is -2.08. The highest BCUT2D eigenvalue weighted by Gasteiger charge is 2.32. The molecule has 0 saturated heterocycles. The zero-order valence-electron chi connectivity index (χ0n) is 11.6. The maximum atomic E-state index is 12.8. The first-order chi connectivity index (χ1) is 10.5. The van der Waals surface area contributed by atoms with Crippen LogP contribution in [0.5, 0.6) is 0 Å². The second kappa shape index (κ2) is 6.93. The second-order valence-electron chi connectivity index (χ2n) is 4.47. The monoisotopic (exact) mass is 304 g/mol. The normalized spacial score (nSPS) is 11.6. The summed E-state index contributed by atoms with van der Waals surface area (Å²) >= 11 is 0. The van der Waals surface area contributed by atoms with Crippen LogP contribution in [-0.2, 0) is 17.6 Å². The molecule has 0 aliphatic rings. The number of benzene rings is 2. The average molecular weight is 304 g/mol. The SMILES string of the molecule is C=Cc1ccc(CO/N=[C]\c2ccccc2C(F)(F)F)cc1. The van der Waals surface area contributed by atoms with Gasteiger partial charge in [0, 0.05) is 5.56 Å². The number of hydrogen-bond acceptors (Lipinski definition) is 2. The summed E-state index contributed by atoms with van der Waals surface area (Å²) in [6.45, 7) is 3.80. The summed E-state index contributed by atoms with van der Waals surface area (Å²) in [6.07, 6.45) is -0.453. The van der Waals surface area contributed by atoms with E-state index < -0.39 is 11.7 Å². The first-order valence-corrected chi connectivity index (χ1v) is 6.46. The zero-order valence-corrected chi connectivity index (χ0v) is 11.6. The topological polar surface area (TPSA) is 21.6 Å². The predicted molar refractivity (Wildman–Crippen MR) is 79.3 cm³/mol. The third-order valence-corrected chi connectivity index (χ3v) is 2.91. The molecule has 0 unspecified atom stereocenters. The number of hydrogen-bond donors (Lipinski definition) is 0. The van der Waals surface area contributed by atoms with Gasteiger partial charge in [-0.2, -0.15) is 13.2 Å². The molecule has 0 fully saturated rings. The summed E-state index contributed by atoms with van der Waals surface area (Å²) in [5.74, 6) is 0. The van der Waals surface area contributed by atoms with Gasteiger partial charge in [-0.25, -0.2) is 0 Å². The van der Waals surface area contributed by atoms with Gasteiger partial charge < -0.3 is 4.84 Å². The van der Waals surface area contributed by atoms with Crippen molar-refractivity contribution in [3.8, 4) is 0 Å². The molecule has 2 aromatic rings. The van der Waals surface area contributed by atoms with Crippen molar-refractivity contribution < 1.29 is 18.0 Å². The molecule has 0 aliphatic carbocycles. The molecule has 0 spiro atoms. The third kappa shape index (κ3) is 4.22. The van der Waals surface area contributed by atoms with Crippen LogP contribution >= 0.6 is 0 Å². The highest BCUT2D eigenvalue weighted by molar-refractivity contribution is 5.81. The van der Waals surface area contributed by atoms with Gasteiger partial charge in [-0.15, -0.1) is 0 Å². The van der Waals surface area contributed by atoms with Crippen molar-refractivity contribution in [3.05, 3.63) is 77.4 Å². The Labute approximate surface area is 126 Å². The van der Waals surface area contributed by atoms with Crippen molar-refractivity contribution in [2.75, 3.05) is 0 Å². The fourth-order valence-electron chi connectivity index (χ4n) is 1.77. The van der Waals surface area contributed by atoms with Gasteiger partial charge in [0.25, 0.3) is 0 Å². The van der Waals surface area contributed by atoms with E-state index in [2.05, 4.69) is 17.9 Å². The van der Waals surface area contributed by atoms with Crippen LogP contribution in [0.4, 0.5) is 13.2 Å². The second-order valence-corrected chi connectivity index (χ2v) is 4.47. The fraction of sp³-hybridized carbons (Fsp3) is 0.118. The molecular weight excluding hydrogens is 291 g/mol. The van der Waals surface area contributed by atoms with Crippen LogP contribution in [0.3, 0.4) is 0 Å². The first kappa shape index (κ1) is 15.8. The van der Waals surface area contributed by atoms with Crippen LogP contribution in [0.1, 0.15) is 22.3 Å². The lowest BCUT2D eigenvalue weighted by atomic mass is 10.1. The zero-order chi connectivity index (χ0) is 16.0. The molecule has 0 atom stereocenters. The molecule has 2 rings (SSSR count). The molecule has 0 aromatic heterocycles. The lowest BCUT2D eigenvalue weighted by Crippen LogP contribution is -2.08. The van der Waals surface area contributed by atoms with Gasteiger partial charge in [0.05, 0.1) is 5.56 Å². The highest BCUT2D eigenvalue weighted by atomic mass is 19.4. The Kier molecular flexibility index (Phi) is 4.99. The minimum atomic E-state index is -4.44. The smallest absolute Gasteiger partial charge is 0.390 e. The van der Waals surface area contributed by atoms with Crippen LogP contribution < -0.4 is 0 Å². The van der Waals surface area contributed by atoms with Gasteiger partial charge in [0.1, 0.15) is 12.8 Å². The van der Waals surface area contributed by atoms with E-state index >= 15 is 0 Å². The van der Waals surface area contributed by atoms with Crippen LogP contribution in [-0.4, -0.2) is 6.21 Å². The van der Waals surface area contributed by atoms with Crippen LogP contribution in [0.15, 0.2) is 60.3 Å². The average Bonchev–Trinajstić information content (AvgIpc) is 2.51. The van der Waals surface area contributed by atoms with Gasteiger partial charge in [-0.05, 0) is 17.2 Å². The van der Waals surface area contributed by atoms with Gasteiger partial charge in [0.15, 0.2) is 0 Å². The van der Waals surface area contributed by atoms with Crippen molar-refractivity contribution in [1.82, 2.24) is 0 Å². The van der Waals surface area contributed by atoms with Gasteiger partial charge in [0.2, 0.25) is 0 Å². The van der Waals surface area contributed by atoms with Crippen LogP contribution in [0.2, 0.25) is 0 Å². The number of halogens is 3. The van der Waals surface area contributed by atoms with E-state index in [-0.39, 0.29) is 12.2 Å². The first-order valence-electron chi connectivity index (χ1n) is 6.46. The maximum Gasteiger partial charge on any atom is 0.417 e. The Morgan fingerprint density at radius 3 is 2.41 bits per heavy atom. The predicted octanol–water partition coefficient (Wildman–Crippen LogP) is 4.78. The Hall–Kier alpha value is -2.56. The van der Waals surface area contributed by atoms with Crippen molar-refractivity contribution >= 4 is 12.3 Å². The maximum absolute atomic E-state index is 12.8. The fourth-order valence-corrected chi connectivity index (χ4v) is 1.77. The molecule has 0 heterocycles. The number of rotatable bonds is 5. The Morgan fingerprint density at radius 2 is 1.77 bits per heavy atom. The minimum Gasteiger partial charge on any atom is -0.390 e. The summed E-state index contributed by atoms with van der Waals surface area (Å²) in [6, 6.07) is 12.4. The third-order valence-electron chi connectivity index (χ3n) is 2.91. The van der Waals surface area contributed by atoms with Gasteiger partial charge >= 0.3 is 6.18 Å². The van der Waals surface area contributed by atoms with Gasteiger partial charge in [-0.1, -0.05) is 60.3 Å². The molecule has 2 aromatic carbocycles. The van der Waals surface area contributed by atoms with E-state index in [9.17, 15) is 13.2 Å². The number of nitrogens with zero attached hydrogens (tertiary/aromatic N) is 1. The summed E-state index contributed by atoms with van der Waals surface area (Å²) in [4.78, 5) is 4.99. The van der Waals surface area contributed by atoms with Crippen molar-refractivity contribution in [2.24, 2.45) is 5.16 Å². The molecule has 0 aliphatic heterocycles. The molecular formula is C17H13F3NO. The van der Waals surface area contributed by atoms with E-state index in [0.717, 1.165) is 17.2 Å². The minimum absolute atomic E-state index is 0.151. The van der Waals surface area contributed by atoms with E-state index in [0.29, 0.717) is 0 Å². The molecule has 0 saturated carbocycles. The highest BCUT2D eigenvalue weighted by Crippen LogP contribution is 2.31. The molecule has 5 heteroatoms.